The third-order valence-corrected chi connectivity index (χ3v) is 3.64. The molecule has 0 N–H and O–H groups in total. The van der Waals surface area contributed by atoms with Gasteiger partial charge in [0.05, 0.1) is 0 Å². The van der Waals surface area contributed by atoms with Gasteiger partial charge in [0.15, 0.2) is 0 Å². The Morgan fingerprint density at radius 3 is 2.39 bits per heavy atom. The Morgan fingerprint density at radius 1 is 1.39 bits per heavy atom. The van der Waals surface area contributed by atoms with Gasteiger partial charge in [-0.05, 0) is 44.3 Å². The van der Waals surface area contributed by atoms with E-state index in [0.717, 1.165) is 12.0 Å². The summed E-state index contributed by atoms with van der Waals surface area (Å²) < 4.78 is 63.0. The highest BCUT2D eigenvalue weighted by molar-refractivity contribution is 7.87. The van der Waals surface area contributed by atoms with Crippen molar-refractivity contribution in [2.75, 3.05) is 0 Å². The van der Waals surface area contributed by atoms with Crippen LogP contribution >= 0.6 is 0 Å². The van der Waals surface area contributed by atoms with E-state index in [1.165, 1.54) is 6.08 Å². The standard InChI is InChI=1S/C11H15F3O3S/c1-7(2)9-5-4-8(3)6-10(9)17-18(15,16)11(12,13)14/h6,8H,4-5H2,1-3H3/t8-/m0/s1. The minimum Gasteiger partial charge on any atom is -0.376 e. The van der Waals surface area contributed by atoms with Crippen LogP contribution in [0, 0.1) is 5.92 Å². The summed E-state index contributed by atoms with van der Waals surface area (Å²) in [6, 6.07) is 0. The molecule has 0 unspecified atom stereocenters. The molecule has 1 aliphatic rings. The van der Waals surface area contributed by atoms with Gasteiger partial charge in [0.1, 0.15) is 5.76 Å². The molecule has 0 aromatic heterocycles. The molecule has 18 heavy (non-hydrogen) atoms. The summed E-state index contributed by atoms with van der Waals surface area (Å²) in [7, 11) is -5.59. The lowest BCUT2D eigenvalue weighted by molar-refractivity contribution is -0.0521. The first-order chi connectivity index (χ1) is 8.04. The maximum atomic E-state index is 12.3. The zero-order chi connectivity index (χ0) is 14.1. The molecule has 1 rings (SSSR count). The monoisotopic (exact) mass is 284 g/mol. The molecular formula is C11H15F3O3S. The van der Waals surface area contributed by atoms with Gasteiger partial charge in [0.25, 0.3) is 0 Å². The molecule has 1 aliphatic carbocycles. The van der Waals surface area contributed by atoms with Crippen LogP contribution in [0.15, 0.2) is 23.0 Å². The molecule has 0 aliphatic heterocycles. The first-order valence-corrected chi connectivity index (χ1v) is 6.84. The Morgan fingerprint density at radius 2 is 1.94 bits per heavy atom. The van der Waals surface area contributed by atoms with Gasteiger partial charge >= 0.3 is 15.6 Å². The average molecular weight is 284 g/mol. The SMILES string of the molecule is CC(C)=C1CC[C@H](C)C=C1OS(=O)(=O)C(F)(F)F. The third-order valence-electron chi connectivity index (χ3n) is 2.67. The average Bonchev–Trinajstić information content (AvgIpc) is 2.14. The first-order valence-electron chi connectivity index (χ1n) is 5.44. The number of hydrogen-bond donors (Lipinski definition) is 0. The molecule has 1 atom stereocenters. The number of allylic oxidation sites excluding steroid dienone is 3. The van der Waals surface area contributed by atoms with Crippen LogP contribution < -0.4 is 0 Å². The maximum Gasteiger partial charge on any atom is 0.534 e. The Bertz CT molecular complexity index is 482. The predicted octanol–water partition coefficient (Wildman–Crippen LogP) is 3.50. The van der Waals surface area contributed by atoms with Gasteiger partial charge in [0.2, 0.25) is 0 Å². The topological polar surface area (TPSA) is 43.4 Å². The van der Waals surface area contributed by atoms with Gasteiger partial charge < -0.3 is 4.18 Å². The summed E-state index contributed by atoms with van der Waals surface area (Å²) in [5.41, 5.74) is -4.12. The second-order valence-electron chi connectivity index (χ2n) is 4.51. The Kier molecular flexibility index (Phi) is 4.15. The van der Waals surface area contributed by atoms with Crippen molar-refractivity contribution in [3.8, 4) is 0 Å². The lowest BCUT2D eigenvalue weighted by atomic mass is 9.90. The van der Waals surface area contributed by atoms with Gasteiger partial charge in [-0.15, -0.1) is 0 Å². The van der Waals surface area contributed by atoms with Gasteiger partial charge in [-0.3, -0.25) is 0 Å². The molecule has 0 saturated carbocycles. The van der Waals surface area contributed by atoms with Crippen LogP contribution in [-0.2, 0) is 14.3 Å². The van der Waals surface area contributed by atoms with Crippen LogP contribution in [0.4, 0.5) is 13.2 Å². The minimum atomic E-state index is -5.59. The molecule has 0 fully saturated rings. The quantitative estimate of drug-likeness (QED) is 0.575. The van der Waals surface area contributed by atoms with Crippen molar-refractivity contribution in [2.45, 2.75) is 39.1 Å². The van der Waals surface area contributed by atoms with E-state index in [0.29, 0.717) is 12.0 Å². The second-order valence-corrected chi connectivity index (χ2v) is 6.05. The Labute approximate surface area is 104 Å². The van der Waals surface area contributed by atoms with Crippen molar-refractivity contribution in [3.05, 3.63) is 23.0 Å². The lowest BCUT2D eigenvalue weighted by Gasteiger charge is -2.22. The fourth-order valence-electron chi connectivity index (χ4n) is 1.68. The maximum absolute atomic E-state index is 12.3. The summed E-state index contributed by atoms with van der Waals surface area (Å²) in [5.74, 6) is -0.197. The van der Waals surface area contributed by atoms with Crippen molar-refractivity contribution in [2.24, 2.45) is 5.92 Å². The summed E-state index contributed by atoms with van der Waals surface area (Å²) in [6.07, 6.45) is 2.71. The largest absolute Gasteiger partial charge is 0.534 e. The van der Waals surface area contributed by atoms with Crippen LogP contribution in [0.1, 0.15) is 33.6 Å². The highest BCUT2D eigenvalue weighted by Crippen LogP contribution is 2.35. The van der Waals surface area contributed by atoms with Gasteiger partial charge in [-0.1, -0.05) is 12.5 Å². The van der Waals surface area contributed by atoms with E-state index >= 15 is 0 Å². The number of halogens is 3. The third kappa shape index (κ3) is 3.28. The van der Waals surface area contributed by atoms with Crippen molar-refractivity contribution in [3.63, 3.8) is 0 Å². The minimum absolute atomic E-state index is 0.00784. The van der Waals surface area contributed by atoms with Crippen molar-refractivity contribution in [1.82, 2.24) is 0 Å². The van der Waals surface area contributed by atoms with Crippen LogP contribution in [0.3, 0.4) is 0 Å². The van der Waals surface area contributed by atoms with Crippen molar-refractivity contribution in [1.29, 1.82) is 0 Å². The molecule has 0 spiro atoms. The van der Waals surface area contributed by atoms with Gasteiger partial charge in [-0.2, -0.15) is 21.6 Å². The van der Waals surface area contributed by atoms with E-state index in [9.17, 15) is 21.6 Å². The second kappa shape index (κ2) is 4.95. The fourth-order valence-corrected chi connectivity index (χ4v) is 2.16. The molecular weight excluding hydrogens is 269 g/mol. The first kappa shape index (κ1) is 15.1. The van der Waals surface area contributed by atoms with Crippen molar-refractivity contribution >= 4 is 10.1 Å². The van der Waals surface area contributed by atoms with E-state index in [-0.39, 0.29) is 11.7 Å². The molecule has 0 aromatic rings. The summed E-state index contributed by atoms with van der Waals surface area (Å²) in [5, 5.41) is 0. The Hall–Kier alpha value is -0.980. The van der Waals surface area contributed by atoms with E-state index in [1.54, 1.807) is 20.8 Å². The van der Waals surface area contributed by atoms with E-state index in [4.69, 9.17) is 0 Å². The molecule has 3 nitrogen and oxygen atoms in total. The molecule has 7 heteroatoms. The zero-order valence-electron chi connectivity index (χ0n) is 10.3. The smallest absolute Gasteiger partial charge is 0.376 e. The molecule has 0 amide bonds. The molecule has 104 valence electrons. The number of hydrogen-bond acceptors (Lipinski definition) is 3. The molecule has 0 aromatic carbocycles. The van der Waals surface area contributed by atoms with Crippen LogP contribution in [0.2, 0.25) is 0 Å². The lowest BCUT2D eigenvalue weighted by Crippen LogP contribution is -2.26. The van der Waals surface area contributed by atoms with E-state index in [1.807, 2.05) is 0 Å². The van der Waals surface area contributed by atoms with Crippen LogP contribution in [-0.4, -0.2) is 13.9 Å². The van der Waals surface area contributed by atoms with Gasteiger partial charge in [-0.25, -0.2) is 0 Å². The van der Waals surface area contributed by atoms with E-state index < -0.39 is 15.6 Å². The zero-order valence-corrected chi connectivity index (χ0v) is 11.2. The highest BCUT2D eigenvalue weighted by atomic mass is 32.2. The molecule has 0 radical (unpaired) electrons. The van der Waals surface area contributed by atoms with Crippen LogP contribution in [0.5, 0.6) is 0 Å². The number of alkyl halides is 3. The van der Waals surface area contributed by atoms with Crippen LogP contribution in [0.25, 0.3) is 0 Å². The van der Waals surface area contributed by atoms with Gasteiger partial charge in [0, 0.05) is 0 Å². The molecule has 0 saturated heterocycles. The fraction of sp³-hybridized carbons (Fsp3) is 0.636. The number of rotatable bonds is 2. The Balaban J connectivity index is 3.12. The molecule has 0 bridgehead atoms. The highest BCUT2D eigenvalue weighted by Gasteiger charge is 2.49. The normalized spacial score (nSPS) is 21.6. The van der Waals surface area contributed by atoms with E-state index in [2.05, 4.69) is 4.18 Å². The summed E-state index contributed by atoms with van der Waals surface area (Å²) >= 11 is 0. The molecule has 0 heterocycles. The summed E-state index contributed by atoms with van der Waals surface area (Å²) in [4.78, 5) is 0. The predicted molar refractivity (Wildman–Crippen MR) is 60.9 cm³/mol. The van der Waals surface area contributed by atoms with Crippen molar-refractivity contribution < 1.29 is 25.8 Å². The summed E-state index contributed by atoms with van der Waals surface area (Å²) in [6.45, 7) is 5.22.